The standard InChI is InChI=1S/C7H15ClN2O2S/c8-13(11,12)9-4-3-7-10-5-1-2-6-10/h9H,1-7H2. The van der Waals surface area contributed by atoms with Gasteiger partial charge in [-0.15, -0.1) is 0 Å². The molecule has 1 rings (SSSR count). The van der Waals surface area contributed by atoms with Crippen LogP contribution in [0.15, 0.2) is 0 Å². The van der Waals surface area contributed by atoms with Crippen molar-refractivity contribution >= 4 is 19.9 Å². The first-order valence-corrected chi connectivity index (χ1v) is 6.80. The molecule has 0 radical (unpaired) electrons. The Hall–Kier alpha value is 0.160. The molecule has 0 aromatic carbocycles. The van der Waals surface area contributed by atoms with Crippen LogP contribution in [-0.2, 0) is 9.24 Å². The Morgan fingerprint density at radius 1 is 1.31 bits per heavy atom. The van der Waals surface area contributed by atoms with Crippen LogP contribution in [0.4, 0.5) is 0 Å². The lowest BCUT2D eigenvalue weighted by Crippen LogP contribution is -2.26. The van der Waals surface area contributed by atoms with E-state index in [1.807, 2.05) is 0 Å². The van der Waals surface area contributed by atoms with E-state index in [9.17, 15) is 8.42 Å². The molecule has 1 fully saturated rings. The fourth-order valence-corrected chi connectivity index (χ4v) is 2.12. The third kappa shape index (κ3) is 5.46. The molecule has 78 valence electrons. The molecule has 0 aliphatic carbocycles. The average molecular weight is 227 g/mol. The number of halogens is 1. The van der Waals surface area contributed by atoms with E-state index in [0.717, 1.165) is 26.1 Å². The second kappa shape index (κ2) is 5.14. The summed E-state index contributed by atoms with van der Waals surface area (Å²) in [6.45, 7) is 3.68. The highest BCUT2D eigenvalue weighted by Crippen LogP contribution is 2.06. The zero-order valence-corrected chi connectivity index (χ0v) is 9.07. The molecule has 1 heterocycles. The van der Waals surface area contributed by atoms with Gasteiger partial charge in [-0.1, -0.05) is 0 Å². The topological polar surface area (TPSA) is 49.4 Å². The first-order valence-electron chi connectivity index (χ1n) is 4.49. The van der Waals surface area contributed by atoms with Crippen LogP contribution in [0, 0.1) is 0 Å². The monoisotopic (exact) mass is 226 g/mol. The normalized spacial score (nSPS) is 19.5. The van der Waals surface area contributed by atoms with Crippen LogP contribution in [0.3, 0.4) is 0 Å². The number of hydrogen-bond acceptors (Lipinski definition) is 3. The molecular formula is C7H15ClN2O2S. The summed E-state index contributed by atoms with van der Waals surface area (Å²) in [6, 6.07) is 0. The van der Waals surface area contributed by atoms with Crippen molar-refractivity contribution in [3.8, 4) is 0 Å². The SMILES string of the molecule is O=S(=O)(Cl)NCCCN1CCCC1. The van der Waals surface area contributed by atoms with Crippen LogP contribution in [0.25, 0.3) is 0 Å². The lowest BCUT2D eigenvalue weighted by atomic mass is 10.4. The van der Waals surface area contributed by atoms with E-state index in [0.29, 0.717) is 6.54 Å². The average Bonchev–Trinajstić information content (AvgIpc) is 2.48. The van der Waals surface area contributed by atoms with Crippen LogP contribution in [0.2, 0.25) is 0 Å². The van der Waals surface area contributed by atoms with Gasteiger partial charge in [-0.25, -0.2) is 4.72 Å². The van der Waals surface area contributed by atoms with Crippen LogP contribution in [0.1, 0.15) is 19.3 Å². The molecule has 0 atom stereocenters. The zero-order valence-electron chi connectivity index (χ0n) is 7.50. The van der Waals surface area contributed by atoms with E-state index in [-0.39, 0.29) is 0 Å². The first kappa shape index (κ1) is 11.2. The smallest absolute Gasteiger partial charge is 0.297 e. The van der Waals surface area contributed by atoms with Gasteiger partial charge in [0.2, 0.25) is 0 Å². The molecule has 0 unspecified atom stereocenters. The molecule has 0 aromatic heterocycles. The van der Waals surface area contributed by atoms with Crippen LogP contribution < -0.4 is 4.72 Å². The number of rotatable bonds is 5. The Balaban J connectivity index is 2.01. The summed E-state index contributed by atoms with van der Waals surface area (Å²) in [5.41, 5.74) is 0. The molecule has 0 aromatic rings. The Morgan fingerprint density at radius 3 is 2.46 bits per heavy atom. The maximum atomic E-state index is 10.5. The third-order valence-electron chi connectivity index (χ3n) is 2.12. The van der Waals surface area contributed by atoms with E-state index >= 15 is 0 Å². The molecule has 13 heavy (non-hydrogen) atoms. The van der Waals surface area contributed by atoms with Gasteiger partial charge in [0.25, 0.3) is 9.24 Å². The van der Waals surface area contributed by atoms with Crippen LogP contribution in [-0.4, -0.2) is 39.5 Å². The summed E-state index contributed by atoms with van der Waals surface area (Å²) >= 11 is 0. The van der Waals surface area contributed by atoms with Crippen molar-refractivity contribution in [3.63, 3.8) is 0 Å². The van der Waals surface area contributed by atoms with Gasteiger partial charge < -0.3 is 4.90 Å². The predicted molar refractivity (Wildman–Crippen MR) is 53.1 cm³/mol. The van der Waals surface area contributed by atoms with E-state index in [4.69, 9.17) is 10.7 Å². The van der Waals surface area contributed by atoms with E-state index in [2.05, 4.69) is 9.62 Å². The van der Waals surface area contributed by atoms with E-state index in [1.165, 1.54) is 12.8 Å². The zero-order chi connectivity index (χ0) is 9.73. The van der Waals surface area contributed by atoms with Crippen LogP contribution in [0.5, 0.6) is 0 Å². The summed E-state index contributed by atoms with van der Waals surface area (Å²) < 4.78 is 23.2. The Bertz CT molecular complexity index is 237. The maximum absolute atomic E-state index is 10.5. The number of nitrogens with zero attached hydrogens (tertiary/aromatic N) is 1. The summed E-state index contributed by atoms with van der Waals surface area (Å²) in [5.74, 6) is 0. The lowest BCUT2D eigenvalue weighted by Gasteiger charge is -2.13. The fourth-order valence-electron chi connectivity index (χ4n) is 1.50. The van der Waals surface area contributed by atoms with Crippen molar-refractivity contribution in [3.05, 3.63) is 0 Å². The van der Waals surface area contributed by atoms with Gasteiger partial charge in [0.1, 0.15) is 0 Å². The van der Waals surface area contributed by atoms with Crippen LogP contribution >= 0.6 is 10.7 Å². The Labute approximate surface area is 83.8 Å². The predicted octanol–water partition coefficient (Wildman–Crippen LogP) is 0.545. The van der Waals surface area contributed by atoms with Crippen molar-refractivity contribution in [1.82, 2.24) is 9.62 Å². The fraction of sp³-hybridized carbons (Fsp3) is 1.00. The summed E-state index contributed by atoms with van der Waals surface area (Å²) in [7, 11) is 1.46. The number of likely N-dealkylation sites (tertiary alicyclic amines) is 1. The van der Waals surface area contributed by atoms with Gasteiger partial charge in [0.15, 0.2) is 0 Å². The maximum Gasteiger partial charge on any atom is 0.297 e. The largest absolute Gasteiger partial charge is 0.303 e. The Morgan fingerprint density at radius 2 is 1.92 bits per heavy atom. The van der Waals surface area contributed by atoms with Crippen molar-refractivity contribution in [1.29, 1.82) is 0 Å². The molecule has 1 N–H and O–H groups in total. The van der Waals surface area contributed by atoms with Gasteiger partial charge >= 0.3 is 0 Å². The highest BCUT2D eigenvalue weighted by atomic mass is 35.7. The quantitative estimate of drug-likeness (QED) is 0.550. The van der Waals surface area contributed by atoms with Gasteiger partial charge in [0, 0.05) is 17.2 Å². The number of nitrogens with one attached hydrogen (secondary N) is 1. The molecule has 0 spiro atoms. The molecule has 0 bridgehead atoms. The molecule has 1 saturated heterocycles. The van der Waals surface area contributed by atoms with Crippen molar-refractivity contribution in [2.24, 2.45) is 0 Å². The molecule has 4 nitrogen and oxygen atoms in total. The highest BCUT2D eigenvalue weighted by molar-refractivity contribution is 8.12. The van der Waals surface area contributed by atoms with E-state index in [1.54, 1.807) is 0 Å². The summed E-state index contributed by atoms with van der Waals surface area (Å²) in [4.78, 5) is 2.34. The van der Waals surface area contributed by atoms with Crippen molar-refractivity contribution < 1.29 is 8.42 Å². The van der Waals surface area contributed by atoms with Crippen molar-refractivity contribution in [2.75, 3.05) is 26.2 Å². The lowest BCUT2D eigenvalue weighted by molar-refractivity contribution is 0.334. The van der Waals surface area contributed by atoms with E-state index < -0.39 is 9.24 Å². The second-order valence-corrected chi connectivity index (χ2v) is 5.62. The van der Waals surface area contributed by atoms with Gasteiger partial charge in [-0.3, -0.25) is 0 Å². The summed E-state index contributed by atoms with van der Waals surface area (Å²) in [5, 5.41) is 0. The first-order chi connectivity index (χ1) is 6.08. The minimum Gasteiger partial charge on any atom is -0.303 e. The van der Waals surface area contributed by atoms with Gasteiger partial charge in [-0.2, -0.15) is 8.42 Å². The molecule has 1 aliphatic heterocycles. The molecular weight excluding hydrogens is 212 g/mol. The second-order valence-electron chi connectivity index (χ2n) is 3.23. The Kier molecular flexibility index (Phi) is 4.45. The third-order valence-corrected chi connectivity index (χ3v) is 3.00. The minimum absolute atomic E-state index is 0.433. The summed E-state index contributed by atoms with van der Waals surface area (Å²) in [6.07, 6.45) is 3.36. The van der Waals surface area contributed by atoms with Gasteiger partial charge in [-0.05, 0) is 38.9 Å². The highest BCUT2D eigenvalue weighted by Gasteiger charge is 2.10. The molecule has 0 saturated carbocycles. The minimum atomic E-state index is -3.52. The number of hydrogen-bond donors (Lipinski definition) is 1. The molecule has 6 heteroatoms. The molecule has 0 amide bonds. The molecule has 1 aliphatic rings. The van der Waals surface area contributed by atoms with Crippen molar-refractivity contribution in [2.45, 2.75) is 19.3 Å². The van der Waals surface area contributed by atoms with Gasteiger partial charge in [0.05, 0.1) is 0 Å².